The number of amides is 2. The molecule has 8 heteroatoms. The highest BCUT2D eigenvalue weighted by molar-refractivity contribution is 7.17. The first-order chi connectivity index (χ1) is 12.1. The number of anilines is 1. The van der Waals surface area contributed by atoms with E-state index in [1.54, 1.807) is 12.1 Å². The third-order valence-electron chi connectivity index (χ3n) is 4.08. The normalized spacial score (nSPS) is 17.6. The third kappa shape index (κ3) is 2.96. The molecule has 0 radical (unpaired) electrons. The van der Waals surface area contributed by atoms with Crippen LogP contribution in [0.15, 0.2) is 36.0 Å². The van der Waals surface area contributed by atoms with Crippen molar-refractivity contribution in [3.63, 3.8) is 0 Å². The van der Waals surface area contributed by atoms with Crippen molar-refractivity contribution in [2.24, 2.45) is 0 Å². The van der Waals surface area contributed by atoms with E-state index in [0.717, 1.165) is 21.3 Å². The van der Waals surface area contributed by atoms with Crippen molar-refractivity contribution in [1.82, 2.24) is 15.3 Å². The Morgan fingerprint density at radius 1 is 1.20 bits per heavy atom. The van der Waals surface area contributed by atoms with Crippen LogP contribution in [0.2, 0.25) is 0 Å². The largest absolute Gasteiger partial charge is 0.358 e. The van der Waals surface area contributed by atoms with Crippen LogP contribution in [0.3, 0.4) is 0 Å². The molecular formula is C17H13FN4O2S. The Kier molecular flexibility index (Phi) is 3.89. The van der Waals surface area contributed by atoms with Gasteiger partial charge in [0.1, 0.15) is 28.8 Å². The van der Waals surface area contributed by atoms with Crippen LogP contribution in [-0.2, 0) is 9.59 Å². The second-order valence-electron chi connectivity index (χ2n) is 5.71. The number of piperidine rings is 1. The maximum atomic E-state index is 13.2. The number of rotatable bonds is 3. The average Bonchev–Trinajstić information content (AvgIpc) is 3.03. The van der Waals surface area contributed by atoms with E-state index in [2.05, 4.69) is 20.6 Å². The number of imide groups is 1. The Hall–Kier alpha value is -2.87. The molecule has 0 bridgehead atoms. The number of carbonyl (C=O) groups is 2. The summed E-state index contributed by atoms with van der Waals surface area (Å²) in [5.41, 5.74) is 1.71. The number of aromatic nitrogens is 2. The number of hydrogen-bond acceptors (Lipinski definition) is 6. The number of benzene rings is 1. The summed E-state index contributed by atoms with van der Waals surface area (Å²) in [5.74, 6) is -0.401. The Balaban J connectivity index is 1.74. The van der Waals surface area contributed by atoms with Crippen LogP contribution in [0, 0.1) is 5.82 Å². The molecule has 1 aromatic carbocycles. The highest BCUT2D eigenvalue weighted by atomic mass is 32.1. The molecule has 1 unspecified atom stereocenters. The standard InChI is InChI=1S/C17H13FN4O2S/c18-10-3-1-9(2-4-10)11-7-25-17-14(11)15(19-8-20-17)21-12-5-6-13(23)22-16(12)24/h1-4,7-8,12H,5-6H2,(H,19,20,21)(H,22,23,24). The number of nitrogens with zero attached hydrogens (tertiary/aromatic N) is 2. The summed E-state index contributed by atoms with van der Waals surface area (Å²) in [6.07, 6.45) is 2.12. The summed E-state index contributed by atoms with van der Waals surface area (Å²) in [7, 11) is 0. The van der Waals surface area contributed by atoms with Gasteiger partial charge in [-0.2, -0.15) is 0 Å². The fraction of sp³-hybridized carbons (Fsp3) is 0.176. The highest BCUT2D eigenvalue weighted by Crippen LogP contribution is 2.36. The fourth-order valence-corrected chi connectivity index (χ4v) is 3.74. The molecule has 1 atom stereocenters. The Labute approximate surface area is 146 Å². The molecule has 1 fully saturated rings. The van der Waals surface area contributed by atoms with Crippen molar-refractivity contribution in [1.29, 1.82) is 0 Å². The van der Waals surface area contributed by atoms with E-state index in [0.29, 0.717) is 12.2 Å². The van der Waals surface area contributed by atoms with E-state index in [1.165, 1.54) is 29.8 Å². The molecule has 25 heavy (non-hydrogen) atoms. The van der Waals surface area contributed by atoms with E-state index >= 15 is 0 Å². The number of hydrogen-bond donors (Lipinski definition) is 2. The number of nitrogens with one attached hydrogen (secondary N) is 2. The lowest BCUT2D eigenvalue weighted by Crippen LogP contribution is -2.47. The zero-order valence-corrected chi connectivity index (χ0v) is 13.8. The van der Waals surface area contributed by atoms with Gasteiger partial charge in [0, 0.05) is 17.4 Å². The Bertz CT molecular complexity index is 970. The van der Waals surface area contributed by atoms with Crippen LogP contribution in [0.1, 0.15) is 12.8 Å². The van der Waals surface area contributed by atoms with E-state index in [-0.39, 0.29) is 24.1 Å². The average molecular weight is 356 g/mol. The highest BCUT2D eigenvalue weighted by Gasteiger charge is 2.27. The Morgan fingerprint density at radius 3 is 2.76 bits per heavy atom. The third-order valence-corrected chi connectivity index (χ3v) is 4.96. The molecule has 6 nitrogen and oxygen atoms in total. The van der Waals surface area contributed by atoms with Gasteiger partial charge in [0.2, 0.25) is 11.8 Å². The van der Waals surface area contributed by atoms with Crippen molar-refractivity contribution in [3.05, 3.63) is 41.8 Å². The van der Waals surface area contributed by atoms with E-state index in [4.69, 9.17) is 0 Å². The fourth-order valence-electron chi connectivity index (χ4n) is 2.82. The van der Waals surface area contributed by atoms with Crippen molar-refractivity contribution in [2.45, 2.75) is 18.9 Å². The summed E-state index contributed by atoms with van der Waals surface area (Å²) >= 11 is 1.45. The first-order valence-electron chi connectivity index (χ1n) is 7.70. The topological polar surface area (TPSA) is 84.0 Å². The molecule has 4 rings (SSSR count). The zero-order valence-electron chi connectivity index (χ0n) is 13.0. The minimum atomic E-state index is -0.531. The number of carbonyl (C=O) groups excluding carboxylic acids is 2. The van der Waals surface area contributed by atoms with Crippen LogP contribution in [0.5, 0.6) is 0 Å². The first kappa shape index (κ1) is 15.6. The maximum absolute atomic E-state index is 13.2. The summed E-state index contributed by atoms with van der Waals surface area (Å²) in [5, 5.41) is 8.15. The lowest BCUT2D eigenvalue weighted by molar-refractivity contribution is -0.133. The SMILES string of the molecule is O=C1CCC(Nc2ncnc3scc(-c4ccc(F)cc4)c23)C(=O)N1. The monoisotopic (exact) mass is 356 g/mol. The van der Waals surface area contributed by atoms with Gasteiger partial charge >= 0.3 is 0 Å². The van der Waals surface area contributed by atoms with Gasteiger partial charge < -0.3 is 5.32 Å². The summed E-state index contributed by atoms with van der Waals surface area (Å²) in [6.45, 7) is 0. The summed E-state index contributed by atoms with van der Waals surface area (Å²) < 4.78 is 13.2. The van der Waals surface area contributed by atoms with Gasteiger partial charge in [0.05, 0.1) is 5.39 Å². The second kappa shape index (κ2) is 6.21. The van der Waals surface area contributed by atoms with Gasteiger partial charge in [-0.1, -0.05) is 12.1 Å². The lowest BCUT2D eigenvalue weighted by Gasteiger charge is -2.22. The number of thiophene rings is 1. The van der Waals surface area contributed by atoms with Crippen molar-refractivity contribution >= 4 is 39.2 Å². The van der Waals surface area contributed by atoms with Crippen molar-refractivity contribution < 1.29 is 14.0 Å². The Morgan fingerprint density at radius 2 is 2.00 bits per heavy atom. The van der Waals surface area contributed by atoms with Crippen LogP contribution in [-0.4, -0.2) is 27.8 Å². The molecule has 2 amide bonds. The minimum absolute atomic E-state index is 0.265. The first-order valence-corrected chi connectivity index (χ1v) is 8.58. The quantitative estimate of drug-likeness (QED) is 0.705. The smallest absolute Gasteiger partial charge is 0.249 e. The molecule has 0 saturated carbocycles. The zero-order chi connectivity index (χ0) is 17.4. The molecule has 3 heterocycles. The maximum Gasteiger partial charge on any atom is 0.249 e. The number of halogens is 1. The molecule has 2 N–H and O–H groups in total. The molecule has 2 aromatic heterocycles. The van der Waals surface area contributed by atoms with E-state index in [1.807, 2.05) is 5.38 Å². The van der Waals surface area contributed by atoms with Crippen LogP contribution >= 0.6 is 11.3 Å². The van der Waals surface area contributed by atoms with Gasteiger partial charge in [0.15, 0.2) is 0 Å². The van der Waals surface area contributed by atoms with Crippen molar-refractivity contribution in [2.75, 3.05) is 5.32 Å². The minimum Gasteiger partial charge on any atom is -0.358 e. The van der Waals surface area contributed by atoms with Gasteiger partial charge in [-0.25, -0.2) is 14.4 Å². The van der Waals surface area contributed by atoms with Gasteiger partial charge in [-0.15, -0.1) is 11.3 Å². The van der Waals surface area contributed by atoms with E-state index in [9.17, 15) is 14.0 Å². The predicted molar refractivity (Wildman–Crippen MR) is 92.6 cm³/mol. The van der Waals surface area contributed by atoms with Crippen LogP contribution in [0.4, 0.5) is 10.2 Å². The van der Waals surface area contributed by atoms with E-state index < -0.39 is 6.04 Å². The second-order valence-corrected chi connectivity index (χ2v) is 6.56. The van der Waals surface area contributed by atoms with Gasteiger partial charge in [-0.05, 0) is 24.1 Å². The van der Waals surface area contributed by atoms with Gasteiger partial charge in [-0.3, -0.25) is 14.9 Å². The summed E-state index contributed by atoms with van der Waals surface area (Å²) in [6, 6.07) is 5.65. The lowest BCUT2D eigenvalue weighted by atomic mass is 10.0. The van der Waals surface area contributed by atoms with Gasteiger partial charge in [0.25, 0.3) is 0 Å². The van der Waals surface area contributed by atoms with Crippen molar-refractivity contribution in [3.8, 4) is 11.1 Å². The van der Waals surface area contributed by atoms with Crippen LogP contribution in [0.25, 0.3) is 21.3 Å². The summed E-state index contributed by atoms with van der Waals surface area (Å²) in [4.78, 5) is 32.6. The molecule has 1 saturated heterocycles. The molecule has 1 aliphatic heterocycles. The molecule has 0 spiro atoms. The molecule has 3 aromatic rings. The molecule has 1 aliphatic rings. The predicted octanol–water partition coefficient (Wildman–Crippen LogP) is 2.71. The van der Waals surface area contributed by atoms with Crippen LogP contribution < -0.4 is 10.6 Å². The molecule has 0 aliphatic carbocycles. The number of fused-ring (bicyclic) bond motifs is 1. The molecular weight excluding hydrogens is 343 g/mol. The molecule has 126 valence electrons.